The largest absolute Gasteiger partial charge is 0.497 e. The molecule has 0 N–H and O–H groups in total. The fourth-order valence-corrected chi connectivity index (χ4v) is 4.61. The number of ether oxygens (including phenoxy) is 2. The Labute approximate surface area is 169 Å². The van der Waals surface area contributed by atoms with Crippen molar-refractivity contribution in [3.05, 3.63) is 84.4 Å². The maximum atomic E-state index is 13.1. The lowest BCUT2D eigenvalue weighted by Crippen LogP contribution is -2.57. The van der Waals surface area contributed by atoms with Crippen LogP contribution in [0.3, 0.4) is 0 Å². The van der Waals surface area contributed by atoms with Gasteiger partial charge in [-0.3, -0.25) is 4.79 Å². The molecular weight excluding hydrogens is 370 g/mol. The number of methoxy groups -OCH3 is 2. The average Bonchev–Trinajstić information content (AvgIpc) is 2.76. The monoisotopic (exact) mass is 391 g/mol. The third-order valence-electron chi connectivity index (χ3n) is 4.86. The number of anilines is 1. The van der Waals surface area contributed by atoms with E-state index in [0.29, 0.717) is 0 Å². The number of rotatable bonds is 6. The summed E-state index contributed by atoms with van der Waals surface area (Å²) in [4.78, 5) is 16.0. The molecule has 1 aliphatic heterocycles. The molecule has 1 aliphatic rings. The van der Waals surface area contributed by atoms with Crippen LogP contribution in [0.2, 0.25) is 0 Å². The number of nitrogens with zero attached hydrogens (tertiary/aromatic N) is 1. The minimum Gasteiger partial charge on any atom is -0.497 e. The molecule has 0 spiro atoms. The second kappa shape index (κ2) is 7.98. The van der Waals surface area contributed by atoms with Crippen LogP contribution in [0.4, 0.5) is 5.69 Å². The first kappa shape index (κ1) is 18.4. The summed E-state index contributed by atoms with van der Waals surface area (Å²) >= 11 is 1.61. The Kier molecular flexibility index (Phi) is 5.26. The van der Waals surface area contributed by atoms with Gasteiger partial charge in [-0.1, -0.05) is 30.3 Å². The minimum absolute atomic E-state index is 0.0444. The SMILES string of the molecule is COc1ccc([C@@H]2[C@@H](Sc3ccccc3)C(=O)N2c2ccc(OC)cc2)cc1. The van der Waals surface area contributed by atoms with Crippen molar-refractivity contribution in [3.8, 4) is 11.5 Å². The molecule has 1 saturated heterocycles. The van der Waals surface area contributed by atoms with Gasteiger partial charge < -0.3 is 14.4 Å². The molecule has 142 valence electrons. The first-order valence-electron chi connectivity index (χ1n) is 9.04. The number of thioether (sulfide) groups is 1. The van der Waals surface area contributed by atoms with Crippen molar-refractivity contribution in [2.75, 3.05) is 19.1 Å². The van der Waals surface area contributed by atoms with Crippen molar-refractivity contribution in [1.29, 1.82) is 0 Å². The number of amides is 1. The lowest BCUT2D eigenvalue weighted by Gasteiger charge is -2.47. The number of hydrogen-bond donors (Lipinski definition) is 0. The second-order valence-corrected chi connectivity index (χ2v) is 7.69. The van der Waals surface area contributed by atoms with Crippen molar-refractivity contribution < 1.29 is 14.3 Å². The Morgan fingerprint density at radius 1 is 0.786 bits per heavy atom. The van der Waals surface area contributed by atoms with Crippen LogP contribution in [-0.2, 0) is 4.79 Å². The molecule has 0 unspecified atom stereocenters. The van der Waals surface area contributed by atoms with Crippen molar-refractivity contribution in [2.24, 2.45) is 0 Å². The number of carbonyl (C=O) groups excluding carboxylic acids is 1. The second-order valence-electron chi connectivity index (χ2n) is 6.48. The van der Waals surface area contributed by atoms with E-state index in [9.17, 15) is 4.79 Å². The number of hydrogen-bond acceptors (Lipinski definition) is 4. The fraction of sp³-hybridized carbons (Fsp3) is 0.174. The van der Waals surface area contributed by atoms with Gasteiger partial charge in [-0.25, -0.2) is 0 Å². The summed E-state index contributed by atoms with van der Waals surface area (Å²) in [6.45, 7) is 0. The van der Waals surface area contributed by atoms with E-state index in [1.165, 1.54) is 0 Å². The van der Waals surface area contributed by atoms with Crippen molar-refractivity contribution >= 4 is 23.4 Å². The number of benzene rings is 3. The number of β-lactam (4-membered cyclic amide) rings is 1. The Bertz CT molecular complexity index is 942. The molecule has 3 aromatic rings. The van der Waals surface area contributed by atoms with Crippen molar-refractivity contribution in [2.45, 2.75) is 16.2 Å². The lowest BCUT2D eigenvalue weighted by molar-refractivity contribution is -0.123. The predicted molar refractivity (Wildman–Crippen MR) is 112 cm³/mol. The highest BCUT2D eigenvalue weighted by atomic mass is 32.2. The van der Waals surface area contributed by atoms with Gasteiger partial charge in [0.1, 0.15) is 16.7 Å². The summed E-state index contributed by atoms with van der Waals surface area (Å²) in [5, 5.41) is -0.169. The van der Waals surface area contributed by atoms with E-state index >= 15 is 0 Å². The Morgan fingerprint density at radius 3 is 1.93 bits per heavy atom. The Morgan fingerprint density at radius 2 is 1.36 bits per heavy atom. The third kappa shape index (κ3) is 3.45. The van der Waals surface area contributed by atoms with Gasteiger partial charge in [0.2, 0.25) is 5.91 Å². The van der Waals surface area contributed by atoms with Crippen LogP contribution in [0.1, 0.15) is 11.6 Å². The van der Waals surface area contributed by atoms with Crippen LogP contribution in [0, 0.1) is 0 Å². The zero-order valence-electron chi connectivity index (χ0n) is 15.7. The van der Waals surface area contributed by atoms with E-state index in [4.69, 9.17) is 9.47 Å². The van der Waals surface area contributed by atoms with Gasteiger partial charge in [0.05, 0.1) is 20.3 Å². The molecule has 1 amide bonds. The van der Waals surface area contributed by atoms with E-state index in [1.807, 2.05) is 83.8 Å². The van der Waals surface area contributed by atoms with E-state index < -0.39 is 0 Å². The maximum Gasteiger partial charge on any atom is 0.243 e. The van der Waals surface area contributed by atoms with Crippen LogP contribution in [0.15, 0.2) is 83.8 Å². The standard InChI is InChI=1S/C23H21NO3S/c1-26-18-12-8-16(9-13-18)21-22(28-20-6-4-3-5-7-20)23(25)24(21)17-10-14-19(27-2)15-11-17/h3-15,21-22H,1-2H3/t21-,22-/m1/s1. The molecule has 1 fully saturated rings. The molecule has 28 heavy (non-hydrogen) atoms. The van der Waals surface area contributed by atoms with Gasteiger partial charge in [0.25, 0.3) is 0 Å². The molecule has 0 radical (unpaired) electrons. The van der Waals surface area contributed by atoms with Gasteiger partial charge in [0.15, 0.2) is 0 Å². The van der Waals surface area contributed by atoms with Crippen LogP contribution < -0.4 is 14.4 Å². The molecular formula is C23H21NO3S. The smallest absolute Gasteiger partial charge is 0.243 e. The first-order chi connectivity index (χ1) is 13.7. The van der Waals surface area contributed by atoms with Crippen LogP contribution in [0.5, 0.6) is 11.5 Å². The molecule has 0 bridgehead atoms. The van der Waals surface area contributed by atoms with Crippen LogP contribution in [-0.4, -0.2) is 25.4 Å². The third-order valence-corrected chi connectivity index (χ3v) is 6.12. The summed E-state index contributed by atoms with van der Waals surface area (Å²) in [5.41, 5.74) is 1.96. The molecule has 0 aliphatic carbocycles. The van der Waals surface area contributed by atoms with Crippen LogP contribution in [0.25, 0.3) is 0 Å². The molecule has 4 rings (SSSR count). The zero-order valence-corrected chi connectivity index (χ0v) is 16.6. The summed E-state index contributed by atoms with van der Waals surface area (Å²) in [6, 6.07) is 25.6. The highest BCUT2D eigenvalue weighted by molar-refractivity contribution is 8.00. The fourth-order valence-electron chi connectivity index (χ4n) is 3.38. The molecule has 2 atom stereocenters. The lowest BCUT2D eigenvalue weighted by atomic mass is 9.92. The summed E-state index contributed by atoms with van der Waals surface area (Å²) in [6.07, 6.45) is 0. The normalized spacial score (nSPS) is 18.5. The number of carbonyl (C=O) groups is 1. The summed E-state index contributed by atoms with van der Waals surface area (Å²) in [7, 11) is 3.29. The molecule has 1 heterocycles. The first-order valence-corrected chi connectivity index (χ1v) is 9.92. The molecule has 4 nitrogen and oxygen atoms in total. The molecule has 3 aromatic carbocycles. The van der Waals surface area contributed by atoms with E-state index in [1.54, 1.807) is 26.0 Å². The molecule has 5 heteroatoms. The minimum atomic E-state index is -0.169. The topological polar surface area (TPSA) is 38.8 Å². The highest BCUT2D eigenvalue weighted by Gasteiger charge is 2.49. The van der Waals surface area contributed by atoms with Gasteiger partial charge >= 0.3 is 0 Å². The summed E-state index contributed by atoms with van der Waals surface area (Å²) < 4.78 is 10.5. The highest BCUT2D eigenvalue weighted by Crippen LogP contribution is 2.47. The zero-order chi connectivity index (χ0) is 19.5. The van der Waals surface area contributed by atoms with Gasteiger partial charge in [-0.05, 0) is 54.1 Å². The van der Waals surface area contributed by atoms with Gasteiger partial charge in [-0.2, -0.15) is 0 Å². The van der Waals surface area contributed by atoms with Gasteiger partial charge in [-0.15, -0.1) is 11.8 Å². The van der Waals surface area contributed by atoms with E-state index in [-0.39, 0.29) is 17.2 Å². The average molecular weight is 391 g/mol. The van der Waals surface area contributed by atoms with E-state index in [2.05, 4.69) is 0 Å². The van der Waals surface area contributed by atoms with Gasteiger partial charge in [0, 0.05) is 10.6 Å². The molecule has 0 aromatic heterocycles. The van der Waals surface area contributed by atoms with E-state index in [0.717, 1.165) is 27.6 Å². The quantitative estimate of drug-likeness (QED) is 0.557. The Hall–Kier alpha value is -2.92. The molecule has 0 saturated carbocycles. The van der Waals surface area contributed by atoms with Crippen molar-refractivity contribution in [3.63, 3.8) is 0 Å². The van der Waals surface area contributed by atoms with Crippen molar-refractivity contribution in [1.82, 2.24) is 0 Å². The van der Waals surface area contributed by atoms with Crippen LogP contribution >= 0.6 is 11.8 Å². The Balaban J connectivity index is 1.67. The maximum absolute atomic E-state index is 13.1. The predicted octanol–water partition coefficient (Wildman–Crippen LogP) is 4.95. The summed E-state index contributed by atoms with van der Waals surface area (Å²) in [5.74, 6) is 1.69.